The number of thiazole rings is 1. The van der Waals surface area contributed by atoms with E-state index in [1.807, 2.05) is 6.20 Å². The van der Waals surface area contributed by atoms with E-state index in [1.54, 1.807) is 11.3 Å². The second-order valence-corrected chi connectivity index (χ2v) is 8.32. The summed E-state index contributed by atoms with van der Waals surface area (Å²) in [6.45, 7) is 5.24. The summed E-state index contributed by atoms with van der Waals surface area (Å²) in [5.74, 6) is 0.791. The van der Waals surface area contributed by atoms with Gasteiger partial charge in [0.2, 0.25) is 0 Å². The fourth-order valence-electron chi connectivity index (χ4n) is 4.19. The van der Waals surface area contributed by atoms with Crippen LogP contribution in [0.1, 0.15) is 54.8 Å². The van der Waals surface area contributed by atoms with Gasteiger partial charge in [0.05, 0.1) is 18.1 Å². The van der Waals surface area contributed by atoms with E-state index < -0.39 is 0 Å². The minimum atomic E-state index is 0.347. The molecule has 3 heterocycles. The topological polar surface area (TPSA) is 88.1 Å². The molecule has 142 valence electrons. The highest BCUT2D eigenvalue weighted by Crippen LogP contribution is 2.41. The van der Waals surface area contributed by atoms with Gasteiger partial charge in [0.25, 0.3) is 0 Å². The van der Waals surface area contributed by atoms with Gasteiger partial charge in [-0.3, -0.25) is 0 Å². The van der Waals surface area contributed by atoms with Crippen molar-refractivity contribution in [1.29, 1.82) is 5.26 Å². The van der Waals surface area contributed by atoms with Gasteiger partial charge < -0.3 is 15.4 Å². The third-order valence-electron chi connectivity index (χ3n) is 5.63. The molecule has 1 saturated heterocycles. The number of rotatable bonds is 3. The van der Waals surface area contributed by atoms with Crippen molar-refractivity contribution < 1.29 is 4.74 Å². The highest BCUT2D eigenvalue weighted by atomic mass is 32.1. The van der Waals surface area contributed by atoms with Crippen LogP contribution in [0.15, 0.2) is 6.20 Å². The fourth-order valence-corrected chi connectivity index (χ4v) is 5.27. The monoisotopic (exact) mass is 383 g/mol. The van der Waals surface area contributed by atoms with Crippen LogP contribution in [-0.4, -0.2) is 36.3 Å². The average Bonchev–Trinajstić information content (AvgIpc) is 3.20. The summed E-state index contributed by atoms with van der Waals surface area (Å²) in [6, 6.07) is 2.28. The second kappa shape index (κ2) is 7.83. The summed E-state index contributed by atoms with van der Waals surface area (Å²) in [5, 5.41) is 10.7. The van der Waals surface area contributed by atoms with Gasteiger partial charge in [-0.25, -0.2) is 9.97 Å². The second-order valence-electron chi connectivity index (χ2n) is 7.31. The molecule has 4 rings (SSSR count). The number of nitrogens with zero attached hydrogens (tertiary/aromatic N) is 4. The zero-order valence-corrected chi connectivity index (χ0v) is 16.5. The fraction of sp³-hybridized carbons (Fsp3) is 0.550. The minimum absolute atomic E-state index is 0.347. The number of nitrogen functional groups attached to an aromatic ring is 1. The van der Waals surface area contributed by atoms with Crippen LogP contribution in [0.25, 0.3) is 10.4 Å². The van der Waals surface area contributed by atoms with Crippen molar-refractivity contribution in [2.45, 2.75) is 44.9 Å². The third-order valence-corrected chi connectivity index (χ3v) is 6.71. The first-order valence-electron chi connectivity index (χ1n) is 9.68. The molecule has 2 aromatic rings. The first-order valence-corrected chi connectivity index (χ1v) is 10.5. The Morgan fingerprint density at radius 1 is 1.26 bits per heavy atom. The summed E-state index contributed by atoms with van der Waals surface area (Å²) in [5.41, 5.74) is 9.77. The highest BCUT2D eigenvalue weighted by molar-refractivity contribution is 7.19. The first kappa shape index (κ1) is 18.2. The van der Waals surface area contributed by atoms with E-state index in [4.69, 9.17) is 10.5 Å². The number of anilines is 2. The van der Waals surface area contributed by atoms with E-state index in [0.29, 0.717) is 17.3 Å². The molecule has 0 atom stereocenters. The molecule has 0 radical (unpaired) electrons. The molecule has 6 nitrogen and oxygen atoms in total. The number of ether oxygens (including phenoxy) is 1. The summed E-state index contributed by atoms with van der Waals surface area (Å²) in [6.07, 6.45) is 7.96. The van der Waals surface area contributed by atoms with E-state index >= 15 is 0 Å². The quantitative estimate of drug-likeness (QED) is 0.866. The van der Waals surface area contributed by atoms with E-state index in [-0.39, 0.29) is 0 Å². The lowest BCUT2D eigenvalue weighted by Crippen LogP contribution is -2.36. The molecule has 0 spiro atoms. The zero-order chi connectivity index (χ0) is 18.8. The number of hydrogen-bond donors (Lipinski definition) is 1. The van der Waals surface area contributed by atoms with E-state index in [2.05, 4.69) is 27.9 Å². The smallest absolute Gasteiger partial charge is 0.186 e. The molecule has 2 aromatic heterocycles. The number of pyridine rings is 1. The number of hydrogen-bond acceptors (Lipinski definition) is 7. The number of aromatic nitrogens is 2. The maximum Gasteiger partial charge on any atom is 0.186 e. The molecule has 27 heavy (non-hydrogen) atoms. The van der Waals surface area contributed by atoms with Crippen molar-refractivity contribution in [2.24, 2.45) is 0 Å². The van der Waals surface area contributed by atoms with Gasteiger partial charge in [-0.15, -0.1) is 0 Å². The van der Waals surface area contributed by atoms with Gasteiger partial charge >= 0.3 is 0 Å². The van der Waals surface area contributed by atoms with E-state index in [0.717, 1.165) is 66.0 Å². The average molecular weight is 384 g/mol. The molecule has 0 amide bonds. The Morgan fingerprint density at radius 2 is 2.00 bits per heavy atom. The molecule has 1 saturated carbocycles. The van der Waals surface area contributed by atoms with Gasteiger partial charge in [-0.2, -0.15) is 5.26 Å². The van der Waals surface area contributed by atoms with Crippen LogP contribution >= 0.6 is 11.3 Å². The number of nitriles is 1. The van der Waals surface area contributed by atoms with Crippen LogP contribution in [0, 0.1) is 18.3 Å². The van der Waals surface area contributed by atoms with E-state index in [9.17, 15) is 5.26 Å². The SMILES string of the molecule is Cc1c(C2CCCCC2)nc(N)c(C#N)c1-c1cnc(N2CCOCC2)s1. The summed E-state index contributed by atoms with van der Waals surface area (Å²) < 4.78 is 5.43. The third kappa shape index (κ3) is 3.52. The van der Waals surface area contributed by atoms with Gasteiger partial charge in [0.15, 0.2) is 5.13 Å². The number of nitrogens with two attached hydrogens (primary N) is 1. The molecular formula is C20H25N5OS. The van der Waals surface area contributed by atoms with Crippen molar-refractivity contribution in [3.05, 3.63) is 23.0 Å². The standard InChI is InChI=1S/C20H25N5OS/c1-13-17(16-12-23-20(27-16)25-7-9-26-10-8-25)15(11-21)19(22)24-18(13)14-5-3-2-4-6-14/h12,14H,2-10H2,1H3,(H2,22,24). The molecule has 0 aromatic carbocycles. The van der Waals surface area contributed by atoms with Crippen LogP contribution in [0.2, 0.25) is 0 Å². The first-order chi connectivity index (χ1) is 13.2. The van der Waals surface area contributed by atoms with Crippen LogP contribution in [-0.2, 0) is 4.74 Å². The summed E-state index contributed by atoms with van der Waals surface area (Å²) in [7, 11) is 0. The molecule has 2 N–H and O–H groups in total. The van der Waals surface area contributed by atoms with Crippen molar-refractivity contribution in [3.8, 4) is 16.5 Å². The van der Waals surface area contributed by atoms with Crippen molar-refractivity contribution in [2.75, 3.05) is 36.9 Å². The molecule has 2 fully saturated rings. The molecule has 2 aliphatic rings. The van der Waals surface area contributed by atoms with Gasteiger partial charge in [-0.1, -0.05) is 30.6 Å². The lowest BCUT2D eigenvalue weighted by atomic mass is 9.83. The van der Waals surface area contributed by atoms with Gasteiger partial charge in [0, 0.05) is 36.5 Å². The van der Waals surface area contributed by atoms with Crippen LogP contribution in [0.3, 0.4) is 0 Å². The minimum Gasteiger partial charge on any atom is -0.383 e. The molecule has 7 heteroatoms. The Labute approximate surface area is 164 Å². The maximum absolute atomic E-state index is 9.73. The molecule has 1 aliphatic carbocycles. The predicted molar refractivity (Wildman–Crippen MR) is 108 cm³/mol. The zero-order valence-electron chi connectivity index (χ0n) is 15.7. The summed E-state index contributed by atoms with van der Waals surface area (Å²) >= 11 is 1.63. The summed E-state index contributed by atoms with van der Waals surface area (Å²) in [4.78, 5) is 12.5. The lowest BCUT2D eigenvalue weighted by Gasteiger charge is -2.26. The van der Waals surface area contributed by atoms with Gasteiger partial charge in [0.1, 0.15) is 17.5 Å². The normalized spacial score (nSPS) is 18.4. The predicted octanol–water partition coefficient (Wildman–Crippen LogP) is 3.85. The van der Waals surface area contributed by atoms with Crippen LogP contribution in [0.4, 0.5) is 10.9 Å². The molecule has 0 unspecified atom stereocenters. The Balaban J connectivity index is 1.76. The Morgan fingerprint density at radius 3 is 2.70 bits per heavy atom. The molecule has 1 aliphatic heterocycles. The van der Waals surface area contributed by atoms with Gasteiger partial charge in [-0.05, 0) is 25.3 Å². The largest absolute Gasteiger partial charge is 0.383 e. The van der Waals surface area contributed by atoms with Crippen molar-refractivity contribution >= 4 is 22.3 Å². The van der Waals surface area contributed by atoms with E-state index in [1.165, 1.54) is 19.3 Å². The Hall–Kier alpha value is -2.17. The van der Waals surface area contributed by atoms with Crippen molar-refractivity contribution in [3.63, 3.8) is 0 Å². The number of morpholine rings is 1. The highest BCUT2D eigenvalue weighted by Gasteiger charge is 2.25. The Bertz CT molecular complexity index is 860. The molecule has 0 bridgehead atoms. The van der Waals surface area contributed by atoms with Crippen LogP contribution < -0.4 is 10.6 Å². The molecular weight excluding hydrogens is 358 g/mol. The van der Waals surface area contributed by atoms with Crippen LogP contribution in [0.5, 0.6) is 0 Å². The maximum atomic E-state index is 9.73. The Kier molecular flexibility index (Phi) is 5.28. The van der Waals surface area contributed by atoms with Crippen molar-refractivity contribution in [1.82, 2.24) is 9.97 Å². The lowest BCUT2D eigenvalue weighted by molar-refractivity contribution is 0.122.